The van der Waals surface area contributed by atoms with Gasteiger partial charge >= 0.3 is 0 Å². The van der Waals surface area contributed by atoms with E-state index in [1.807, 2.05) is 13.8 Å². The van der Waals surface area contributed by atoms with E-state index in [1.165, 1.54) is 0 Å². The van der Waals surface area contributed by atoms with Gasteiger partial charge in [0.2, 0.25) is 11.8 Å². The first-order valence-corrected chi connectivity index (χ1v) is 5.15. The number of carbonyl (C=O) groups is 2. The zero-order chi connectivity index (χ0) is 12.0. The van der Waals surface area contributed by atoms with Crippen molar-refractivity contribution in [2.24, 2.45) is 11.7 Å². The quantitative estimate of drug-likeness (QED) is 0.564. The van der Waals surface area contributed by atoms with Gasteiger partial charge in [-0.2, -0.15) is 0 Å². The van der Waals surface area contributed by atoms with E-state index in [-0.39, 0.29) is 11.9 Å². The van der Waals surface area contributed by atoms with Crippen molar-refractivity contribution in [3.8, 4) is 0 Å². The maximum atomic E-state index is 11.5. The molecule has 0 aromatic heterocycles. The van der Waals surface area contributed by atoms with Crippen LogP contribution in [0.15, 0.2) is 0 Å². The average molecular weight is 215 g/mol. The Morgan fingerprint density at radius 3 is 2.13 bits per heavy atom. The molecular weight excluding hydrogens is 194 g/mol. The highest BCUT2D eigenvalue weighted by atomic mass is 16.2. The molecule has 0 fully saturated rings. The molecule has 0 rings (SSSR count). The van der Waals surface area contributed by atoms with Crippen LogP contribution in [0.4, 0.5) is 0 Å². The van der Waals surface area contributed by atoms with Gasteiger partial charge in [0, 0.05) is 0 Å². The lowest BCUT2D eigenvalue weighted by molar-refractivity contribution is -0.128. The number of amides is 2. The summed E-state index contributed by atoms with van der Waals surface area (Å²) in [7, 11) is 1.69. The molecule has 0 bridgehead atoms. The smallest absolute Gasteiger partial charge is 0.240 e. The van der Waals surface area contributed by atoms with Crippen LogP contribution in [-0.2, 0) is 9.59 Å². The van der Waals surface area contributed by atoms with E-state index >= 15 is 0 Å². The minimum Gasteiger partial charge on any atom is -0.368 e. The first-order valence-electron chi connectivity index (χ1n) is 5.15. The summed E-state index contributed by atoms with van der Waals surface area (Å²) in [4.78, 5) is 22.6. The molecule has 2 amide bonds. The predicted octanol–water partition coefficient (Wildman–Crippen LogP) is -0.389. The van der Waals surface area contributed by atoms with E-state index in [0.717, 1.165) is 0 Å². The zero-order valence-corrected chi connectivity index (χ0v) is 9.83. The maximum absolute atomic E-state index is 11.5. The van der Waals surface area contributed by atoms with Gasteiger partial charge in [0.05, 0.1) is 6.04 Å². The summed E-state index contributed by atoms with van der Waals surface area (Å²) >= 11 is 0. The second-order valence-corrected chi connectivity index (χ2v) is 4.10. The molecule has 0 spiro atoms. The summed E-state index contributed by atoms with van der Waals surface area (Å²) in [6.45, 7) is 5.68. The third-order valence-corrected chi connectivity index (χ3v) is 2.19. The molecular formula is C10H21N3O2. The Bertz CT molecular complexity index is 229. The predicted molar refractivity (Wildman–Crippen MR) is 59.1 cm³/mol. The maximum Gasteiger partial charge on any atom is 0.240 e. The van der Waals surface area contributed by atoms with Crippen molar-refractivity contribution in [2.45, 2.75) is 39.3 Å². The second-order valence-electron chi connectivity index (χ2n) is 4.10. The Balaban J connectivity index is 4.29. The lowest BCUT2D eigenvalue weighted by Gasteiger charge is -2.19. The summed E-state index contributed by atoms with van der Waals surface area (Å²) in [6, 6.07) is -0.896. The molecule has 4 N–H and O–H groups in total. The summed E-state index contributed by atoms with van der Waals surface area (Å²) in [5.41, 5.74) is 5.20. The standard InChI is InChI=1S/C10H21N3O2/c1-6(2)5-8(9(11)14)13-10(15)7(3)12-4/h6-8,12H,5H2,1-4H3,(H2,11,14)(H,13,15). The molecule has 0 aliphatic heterocycles. The van der Waals surface area contributed by atoms with E-state index < -0.39 is 11.9 Å². The molecule has 0 aromatic rings. The SMILES string of the molecule is CNC(C)C(=O)NC(CC(C)C)C(N)=O. The van der Waals surface area contributed by atoms with Crippen LogP contribution in [0.25, 0.3) is 0 Å². The number of primary amides is 1. The highest BCUT2D eigenvalue weighted by Gasteiger charge is 2.21. The van der Waals surface area contributed by atoms with Crippen LogP contribution in [0.1, 0.15) is 27.2 Å². The molecule has 0 aliphatic carbocycles. The van der Waals surface area contributed by atoms with Crippen LogP contribution >= 0.6 is 0 Å². The van der Waals surface area contributed by atoms with Gasteiger partial charge in [0.15, 0.2) is 0 Å². The van der Waals surface area contributed by atoms with Gasteiger partial charge < -0.3 is 16.4 Å². The Kier molecular flexibility index (Phi) is 5.93. The van der Waals surface area contributed by atoms with Gasteiger partial charge in [-0.05, 0) is 26.3 Å². The molecule has 0 aromatic carbocycles. The van der Waals surface area contributed by atoms with Crippen LogP contribution in [0.2, 0.25) is 0 Å². The fraction of sp³-hybridized carbons (Fsp3) is 0.800. The van der Waals surface area contributed by atoms with E-state index in [1.54, 1.807) is 14.0 Å². The van der Waals surface area contributed by atoms with Gasteiger partial charge in [-0.1, -0.05) is 13.8 Å². The van der Waals surface area contributed by atoms with E-state index in [0.29, 0.717) is 12.3 Å². The topological polar surface area (TPSA) is 84.2 Å². The molecule has 5 heteroatoms. The van der Waals surface area contributed by atoms with Crippen LogP contribution in [0.5, 0.6) is 0 Å². The van der Waals surface area contributed by atoms with Crippen molar-refractivity contribution < 1.29 is 9.59 Å². The molecule has 88 valence electrons. The Hall–Kier alpha value is -1.10. The molecule has 5 nitrogen and oxygen atoms in total. The first kappa shape index (κ1) is 13.9. The normalized spacial score (nSPS) is 14.7. The van der Waals surface area contributed by atoms with Crippen molar-refractivity contribution in [1.82, 2.24) is 10.6 Å². The van der Waals surface area contributed by atoms with E-state index in [9.17, 15) is 9.59 Å². The Morgan fingerprint density at radius 2 is 1.80 bits per heavy atom. The monoisotopic (exact) mass is 215 g/mol. The van der Waals surface area contributed by atoms with Gasteiger partial charge in [-0.3, -0.25) is 9.59 Å². The minimum absolute atomic E-state index is 0.207. The van der Waals surface area contributed by atoms with E-state index in [2.05, 4.69) is 10.6 Å². The van der Waals surface area contributed by atoms with Crippen molar-refractivity contribution >= 4 is 11.8 Å². The summed E-state index contributed by atoms with van der Waals surface area (Å²) in [6.07, 6.45) is 0.567. The number of nitrogens with two attached hydrogens (primary N) is 1. The number of hydrogen-bond donors (Lipinski definition) is 3. The number of hydrogen-bond acceptors (Lipinski definition) is 3. The van der Waals surface area contributed by atoms with Crippen LogP contribution in [0.3, 0.4) is 0 Å². The summed E-state index contributed by atoms with van der Waals surface area (Å²) in [5.74, 6) is -0.380. The molecule has 0 saturated heterocycles. The van der Waals surface area contributed by atoms with Crippen molar-refractivity contribution in [3.05, 3.63) is 0 Å². The third kappa shape index (κ3) is 5.37. The molecule has 2 atom stereocenters. The number of rotatable bonds is 6. The molecule has 0 aliphatic rings. The lowest BCUT2D eigenvalue weighted by atomic mass is 10.0. The molecule has 2 unspecified atom stereocenters. The largest absolute Gasteiger partial charge is 0.368 e. The third-order valence-electron chi connectivity index (χ3n) is 2.19. The molecule has 0 heterocycles. The van der Waals surface area contributed by atoms with Gasteiger partial charge in [0.1, 0.15) is 6.04 Å². The van der Waals surface area contributed by atoms with Gasteiger partial charge in [-0.25, -0.2) is 0 Å². The second kappa shape index (κ2) is 6.40. The number of likely N-dealkylation sites (N-methyl/N-ethyl adjacent to an activating group) is 1. The fourth-order valence-corrected chi connectivity index (χ4v) is 1.15. The number of nitrogens with one attached hydrogen (secondary N) is 2. The molecule has 15 heavy (non-hydrogen) atoms. The molecule has 0 saturated carbocycles. The van der Waals surface area contributed by atoms with Gasteiger partial charge in [0.25, 0.3) is 0 Å². The summed E-state index contributed by atoms with van der Waals surface area (Å²) < 4.78 is 0. The first-order chi connectivity index (χ1) is 6.88. The van der Waals surface area contributed by atoms with Gasteiger partial charge in [-0.15, -0.1) is 0 Å². The average Bonchev–Trinajstić information content (AvgIpc) is 2.14. The van der Waals surface area contributed by atoms with Crippen LogP contribution in [0, 0.1) is 5.92 Å². The minimum atomic E-state index is -0.576. The van der Waals surface area contributed by atoms with E-state index in [4.69, 9.17) is 5.73 Å². The molecule has 0 radical (unpaired) electrons. The lowest BCUT2D eigenvalue weighted by Crippen LogP contribution is -2.50. The summed E-state index contributed by atoms with van der Waals surface area (Å²) in [5, 5.41) is 5.42. The highest BCUT2D eigenvalue weighted by molar-refractivity contribution is 5.88. The van der Waals surface area contributed by atoms with Crippen molar-refractivity contribution in [1.29, 1.82) is 0 Å². The van der Waals surface area contributed by atoms with Crippen LogP contribution in [-0.4, -0.2) is 30.9 Å². The fourth-order valence-electron chi connectivity index (χ4n) is 1.15. The Labute approximate surface area is 90.8 Å². The van der Waals surface area contributed by atoms with Crippen LogP contribution < -0.4 is 16.4 Å². The highest BCUT2D eigenvalue weighted by Crippen LogP contribution is 2.04. The number of carbonyl (C=O) groups excluding carboxylic acids is 2. The Morgan fingerprint density at radius 1 is 1.27 bits per heavy atom. The van der Waals surface area contributed by atoms with Crippen molar-refractivity contribution in [2.75, 3.05) is 7.05 Å². The van der Waals surface area contributed by atoms with Crippen molar-refractivity contribution in [3.63, 3.8) is 0 Å². The zero-order valence-electron chi connectivity index (χ0n) is 9.83.